The predicted octanol–water partition coefficient (Wildman–Crippen LogP) is 0.490. The highest BCUT2D eigenvalue weighted by Crippen LogP contribution is 2.16. The lowest BCUT2D eigenvalue weighted by Gasteiger charge is -2.17. The van der Waals surface area contributed by atoms with Crippen LogP contribution in [0, 0.1) is 0 Å². The van der Waals surface area contributed by atoms with Crippen molar-refractivity contribution in [1.82, 2.24) is 10.6 Å². The van der Waals surface area contributed by atoms with Gasteiger partial charge in [0.15, 0.2) is 0 Å². The van der Waals surface area contributed by atoms with E-state index < -0.39 is 0 Å². The van der Waals surface area contributed by atoms with Gasteiger partial charge in [0.2, 0.25) is 0 Å². The third-order valence-electron chi connectivity index (χ3n) is 2.68. The lowest BCUT2D eigenvalue weighted by molar-refractivity contribution is 0.449. The van der Waals surface area contributed by atoms with Crippen LogP contribution in [0.4, 0.5) is 0 Å². The summed E-state index contributed by atoms with van der Waals surface area (Å²) in [5.74, 6) is 0. The average Bonchev–Trinajstić information content (AvgIpc) is 2.59. The van der Waals surface area contributed by atoms with Crippen molar-refractivity contribution in [3.63, 3.8) is 0 Å². The molecule has 2 fully saturated rings. The number of hydrogen-bond acceptors (Lipinski definition) is 2. The van der Waals surface area contributed by atoms with Crippen LogP contribution < -0.4 is 10.6 Å². The van der Waals surface area contributed by atoms with E-state index in [1.807, 2.05) is 0 Å². The zero-order chi connectivity index (χ0) is 6.81. The van der Waals surface area contributed by atoms with Crippen molar-refractivity contribution in [2.45, 2.75) is 37.8 Å². The molecule has 0 amide bonds. The fourth-order valence-corrected chi connectivity index (χ4v) is 2.11. The van der Waals surface area contributed by atoms with Gasteiger partial charge in [-0.1, -0.05) is 0 Å². The van der Waals surface area contributed by atoms with Gasteiger partial charge in [0.05, 0.1) is 0 Å². The highest BCUT2D eigenvalue weighted by atomic mass is 15.0. The van der Waals surface area contributed by atoms with E-state index in [2.05, 4.69) is 10.6 Å². The molecule has 2 aliphatic rings. The van der Waals surface area contributed by atoms with E-state index in [1.54, 1.807) is 0 Å². The normalized spacial score (nSPS) is 40.8. The van der Waals surface area contributed by atoms with Crippen LogP contribution in [0.3, 0.4) is 0 Å². The fourth-order valence-electron chi connectivity index (χ4n) is 2.11. The van der Waals surface area contributed by atoms with Crippen LogP contribution in [0.15, 0.2) is 0 Å². The Morgan fingerprint density at radius 1 is 0.800 bits per heavy atom. The van der Waals surface area contributed by atoms with Crippen LogP contribution in [-0.4, -0.2) is 25.2 Å². The first-order chi connectivity index (χ1) is 4.97. The molecule has 0 bridgehead atoms. The van der Waals surface area contributed by atoms with Gasteiger partial charge in [-0.25, -0.2) is 0 Å². The van der Waals surface area contributed by atoms with Crippen molar-refractivity contribution in [2.75, 3.05) is 13.1 Å². The molecule has 2 atom stereocenters. The van der Waals surface area contributed by atoms with Gasteiger partial charge >= 0.3 is 0 Å². The second-order valence-electron chi connectivity index (χ2n) is 3.41. The van der Waals surface area contributed by atoms with Crippen LogP contribution in [0.25, 0.3) is 0 Å². The molecule has 2 heteroatoms. The Balaban J connectivity index is 1.85. The maximum atomic E-state index is 3.54. The molecule has 2 N–H and O–H groups in total. The summed E-state index contributed by atoms with van der Waals surface area (Å²) in [6, 6.07) is 1.59. The molecule has 0 aromatic carbocycles. The third kappa shape index (κ3) is 1.18. The van der Waals surface area contributed by atoms with Gasteiger partial charge < -0.3 is 10.6 Å². The fraction of sp³-hybridized carbons (Fsp3) is 1.00. The molecule has 0 saturated carbocycles. The van der Waals surface area contributed by atoms with E-state index in [-0.39, 0.29) is 0 Å². The molecular formula is C8H16N2. The summed E-state index contributed by atoms with van der Waals surface area (Å²) in [6.07, 6.45) is 5.53. The van der Waals surface area contributed by atoms with E-state index in [0.29, 0.717) is 0 Å². The maximum Gasteiger partial charge on any atom is 0.0221 e. The first kappa shape index (κ1) is 6.62. The van der Waals surface area contributed by atoms with Gasteiger partial charge in [-0.2, -0.15) is 0 Å². The predicted molar refractivity (Wildman–Crippen MR) is 42.0 cm³/mol. The molecule has 10 heavy (non-hydrogen) atoms. The highest BCUT2D eigenvalue weighted by Gasteiger charge is 2.26. The quantitative estimate of drug-likeness (QED) is 0.554. The van der Waals surface area contributed by atoms with Crippen molar-refractivity contribution in [3.05, 3.63) is 0 Å². The van der Waals surface area contributed by atoms with Crippen LogP contribution >= 0.6 is 0 Å². The molecule has 0 radical (unpaired) electrons. The summed E-state index contributed by atoms with van der Waals surface area (Å²) in [7, 11) is 0. The maximum absolute atomic E-state index is 3.54. The number of nitrogens with one attached hydrogen (secondary N) is 2. The van der Waals surface area contributed by atoms with Crippen molar-refractivity contribution >= 4 is 0 Å². The average molecular weight is 140 g/mol. The Morgan fingerprint density at radius 3 is 1.60 bits per heavy atom. The van der Waals surface area contributed by atoms with Gasteiger partial charge in [-0.3, -0.25) is 0 Å². The minimum atomic E-state index is 0.794. The lowest BCUT2D eigenvalue weighted by atomic mass is 10.1. The monoisotopic (exact) mass is 140 g/mol. The zero-order valence-electron chi connectivity index (χ0n) is 6.40. The minimum absolute atomic E-state index is 0.794. The first-order valence-electron chi connectivity index (χ1n) is 4.43. The Morgan fingerprint density at radius 2 is 1.30 bits per heavy atom. The minimum Gasteiger partial charge on any atom is -0.312 e. The molecule has 0 spiro atoms. The van der Waals surface area contributed by atoms with Gasteiger partial charge in [0.1, 0.15) is 0 Å². The van der Waals surface area contributed by atoms with Gasteiger partial charge in [0, 0.05) is 12.1 Å². The molecule has 1 unspecified atom stereocenters. The summed E-state index contributed by atoms with van der Waals surface area (Å²) in [5, 5.41) is 7.07. The summed E-state index contributed by atoms with van der Waals surface area (Å²) in [5.41, 5.74) is 0. The highest BCUT2D eigenvalue weighted by molar-refractivity contribution is 4.89. The number of rotatable bonds is 1. The molecule has 0 aromatic rings. The van der Waals surface area contributed by atoms with Gasteiger partial charge in [-0.15, -0.1) is 0 Å². The molecule has 2 aliphatic heterocycles. The van der Waals surface area contributed by atoms with Crippen LogP contribution in [0.1, 0.15) is 25.7 Å². The summed E-state index contributed by atoms with van der Waals surface area (Å²) >= 11 is 0. The molecule has 2 saturated heterocycles. The molecular weight excluding hydrogens is 124 g/mol. The van der Waals surface area contributed by atoms with Crippen LogP contribution in [0.5, 0.6) is 0 Å². The molecule has 2 nitrogen and oxygen atoms in total. The molecule has 2 rings (SSSR count). The molecule has 58 valence electrons. The Kier molecular flexibility index (Phi) is 1.91. The largest absolute Gasteiger partial charge is 0.312 e. The van der Waals surface area contributed by atoms with Gasteiger partial charge in [0.25, 0.3) is 0 Å². The third-order valence-corrected chi connectivity index (χ3v) is 2.68. The lowest BCUT2D eigenvalue weighted by Crippen LogP contribution is -2.40. The Labute approximate surface area is 62.4 Å². The van der Waals surface area contributed by atoms with Crippen LogP contribution in [0.2, 0.25) is 0 Å². The summed E-state index contributed by atoms with van der Waals surface area (Å²) < 4.78 is 0. The van der Waals surface area contributed by atoms with E-state index in [1.165, 1.54) is 38.8 Å². The summed E-state index contributed by atoms with van der Waals surface area (Å²) in [6.45, 7) is 2.48. The van der Waals surface area contributed by atoms with E-state index in [0.717, 1.165) is 12.1 Å². The SMILES string of the molecule is C1CNC([C@@H]2CCCN2)C1. The van der Waals surface area contributed by atoms with Crippen molar-refractivity contribution in [1.29, 1.82) is 0 Å². The second-order valence-corrected chi connectivity index (χ2v) is 3.41. The first-order valence-corrected chi connectivity index (χ1v) is 4.43. The zero-order valence-corrected chi connectivity index (χ0v) is 6.40. The second kappa shape index (κ2) is 2.89. The van der Waals surface area contributed by atoms with Gasteiger partial charge in [-0.05, 0) is 38.8 Å². The van der Waals surface area contributed by atoms with Crippen molar-refractivity contribution < 1.29 is 0 Å². The standard InChI is InChI=1S/C8H16N2/c1-3-7(9-5-1)8-4-2-6-10-8/h7-10H,1-6H2/t7-,8?/m0/s1. The van der Waals surface area contributed by atoms with Crippen LogP contribution in [-0.2, 0) is 0 Å². The molecule has 0 aliphatic carbocycles. The van der Waals surface area contributed by atoms with E-state index >= 15 is 0 Å². The molecule has 2 heterocycles. The summed E-state index contributed by atoms with van der Waals surface area (Å²) in [4.78, 5) is 0. The van der Waals surface area contributed by atoms with Crippen molar-refractivity contribution in [2.24, 2.45) is 0 Å². The topological polar surface area (TPSA) is 24.1 Å². The Bertz CT molecular complexity index is 87.8. The Hall–Kier alpha value is -0.0800. The smallest absolute Gasteiger partial charge is 0.0221 e. The van der Waals surface area contributed by atoms with E-state index in [4.69, 9.17) is 0 Å². The van der Waals surface area contributed by atoms with Crippen molar-refractivity contribution in [3.8, 4) is 0 Å². The number of hydrogen-bond donors (Lipinski definition) is 2. The van der Waals surface area contributed by atoms with E-state index in [9.17, 15) is 0 Å². The molecule has 0 aromatic heterocycles.